The molecule has 0 saturated heterocycles. The molecule has 2 aromatic rings. The number of aliphatic carboxylic acids is 1. The van der Waals surface area contributed by atoms with Crippen molar-refractivity contribution in [2.45, 2.75) is 32.2 Å². The molecule has 6 N–H and O–H groups in total. The van der Waals surface area contributed by atoms with Crippen LogP contribution in [-0.4, -0.2) is 40.4 Å². The molecule has 2 rings (SSSR count). The molecule has 0 amide bonds. The largest absolute Gasteiger partial charge is 0.491 e. The van der Waals surface area contributed by atoms with Gasteiger partial charge in [0.25, 0.3) is 0 Å². The summed E-state index contributed by atoms with van der Waals surface area (Å²) in [6.45, 7) is 7.63. The molecule has 0 aromatic heterocycles. The van der Waals surface area contributed by atoms with Gasteiger partial charge >= 0.3 is 5.97 Å². The fraction of sp³-hybridized carbons (Fsp3) is 0.304. The van der Waals surface area contributed by atoms with Gasteiger partial charge in [0.05, 0.1) is 6.61 Å². The van der Waals surface area contributed by atoms with Crippen LogP contribution in [0, 0.1) is 0 Å². The third kappa shape index (κ3) is 5.76. The number of nitrogens with zero attached hydrogens (tertiary/aromatic N) is 1. The smallest absolute Gasteiger partial charge is 0.330 e. The summed E-state index contributed by atoms with van der Waals surface area (Å²) in [6.07, 6.45) is 2.48. The highest BCUT2D eigenvalue weighted by Crippen LogP contribution is 2.37. The van der Waals surface area contributed by atoms with Gasteiger partial charge in [-0.3, -0.25) is 0 Å². The van der Waals surface area contributed by atoms with Crippen molar-refractivity contribution in [3.05, 3.63) is 71.3 Å². The summed E-state index contributed by atoms with van der Waals surface area (Å²) >= 11 is 0. The van der Waals surface area contributed by atoms with E-state index in [1.54, 1.807) is 30.3 Å². The predicted molar refractivity (Wildman–Crippen MR) is 120 cm³/mol. The van der Waals surface area contributed by atoms with Crippen LogP contribution in [-0.2, 0) is 11.2 Å². The lowest BCUT2D eigenvalue weighted by Crippen LogP contribution is -2.23. The number of hydrogen-bond acceptors (Lipinski definition) is 6. The van der Waals surface area contributed by atoms with E-state index in [4.69, 9.17) is 15.7 Å². The highest BCUT2D eigenvalue weighted by Gasteiger charge is 2.27. The van der Waals surface area contributed by atoms with Crippen LogP contribution in [0.25, 0.3) is 0 Å². The van der Waals surface area contributed by atoms with Crippen LogP contribution in [0.3, 0.4) is 0 Å². The van der Waals surface area contributed by atoms with E-state index < -0.39 is 12.0 Å². The third-order valence-corrected chi connectivity index (χ3v) is 4.95. The Morgan fingerprint density at radius 1 is 1.29 bits per heavy atom. The van der Waals surface area contributed by atoms with Crippen LogP contribution in [0.1, 0.15) is 48.1 Å². The second kappa shape index (κ2) is 11.0. The zero-order valence-corrected chi connectivity index (χ0v) is 17.7. The number of carbonyl (C=O) groups is 1. The Morgan fingerprint density at radius 3 is 2.45 bits per heavy atom. The van der Waals surface area contributed by atoms with Crippen molar-refractivity contribution >= 4 is 17.5 Å². The van der Waals surface area contributed by atoms with Crippen LogP contribution < -0.4 is 15.8 Å². The summed E-state index contributed by atoms with van der Waals surface area (Å²) in [4.78, 5) is 12.2. The minimum atomic E-state index is -1.11. The fourth-order valence-electron chi connectivity index (χ4n) is 3.17. The number of aliphatic hydroxyl groups excluding tert-OH is 1. The molecule has 31 heavy (non-hydrogen) atoms. The van der Waals surface area contributed by atoms with E-state index in [0.717, 1.165) is 11.1 Å². The van der Waals surface area contributed by atoms with E-state index in [1.807, 2.05) is 26.0 Å². The molecule has 0 heterocycles. The first-order chi connectivity index (χ1) is 14.9. The summed E-state index contributed by atoms with van der Waals surface area (Å²) in [7, 11) is 0. The number of aryl methyl sites for hydroxylation is 1. The molecule has 8 heteroatoms. The summed E-state index contributed by atoms with van der Waals surface area (Å²) < 4.78 is 5.81. The van der Waals surface area contributed by atoms with Gasteiger partial charge in [-0.1, -0.05) is 31.1 Å². The maximum atomic E-state index is 12.2. The minimum Gasteiger partial charge on any atom is -0.491 e. The lowest BCUT2D eigenvalue weighted by molar-refractivity contribution is -0.138. The molecule has 2 aromatic carbocycles. The van der Waals surface area contributed by atoms with Gasteiger partial charge in [0, 0.05) is 28.3 Å². The van der Waals surface area contributed by atoms with Crippen molar-refractivity contribution in [2.75, 3.05) is 18.5 Å². The van der Waals surface area contributed by atoms with E-state index in [0.29, 0.717) is 29.0 Å². The van der Waals surface area contributed by atoms with Crippen LogP contribution in [0.2, 0.25) is 0 Å². The van der Waals surface area contributed by atoms with Crippen LogP contribution in [0.4, 0.5) is 5.69 Å². The topological polar surface area (TPSA) is 137 Å². The second-order valence-corrected chi connectivity index (χ2v) is 7.03. The number of carboxylic acids is 1. The van der Waals surface area contributed by atoms with Gasteiger partial charge in [0.1, 0.15) is 12.4 Å². The van der Waals surface area contributed by atoms with E-state index in [2.05, 4.69) is 17.1 Å². The Bertz CT molecular complexity index is 941. The van der Waals surface area contributed by atoms with Crippen molar-refractivity contribution in [1.82, 2.24) is 0 Å². The molecule has 2 atom stereocenters. The lowest BCUT2D eigenvalue weighted by Gasteiger charge is -2.24. The van der Waals surface area contributed by atoms with Crippen molar-refractivity contribution in [1.29, 1.82) is 0 Å². The number of ether oxygens (including phenoxy) is 1. The number of anilines is 1. The first-order valence-electron chi connectivity index (χ1n) is 9.96. The van der Waals surface area contributed by atoms with Crippen molar-refractivity contribution in [3.63, 3.8) is 0 Å². The first kappa shape index (κ1) is 23.8. The molecule has 0 aliphatic carbocycles. The molecule has 8 nitrogen and oxygen atoms in total. The number of carboxylic acid groups (broad SMARTS) is 1. The van der Waals surface area contributed by atoms with Gasteiger partial charge in [-0.05, 0) is 42.3 Å². The SMILES string of the molecule is C=CC(C)c1cc(CC)cc(C(Nc2ccc(C(N)=NO)cc2)C(=O)O)c1OCCO. The molecule has 0 radical (unpaired) electrons. The molecular formula is C23H29N3O5. The Kier molecular flexibility index (Phi) is 8.45. The Balaban J connectivity index is 2.55. The highest BCUT2D eigenvalue weighted by atomic mass is 16.5. The standard InChI is InChI=1S/C23H29N3O5/c1-4-14(3)18-12-15(5-2)13-19(21(18)31-11-10-27)20(23(28)29)25-17-8-6-16(7-9-17)22(24)26-30/h4,6-9,12-14,20,25,27,30H,1,5,10-11H2,2-3H3,(H2,24,26)(H,28,29). The van der Waals surface area contributed by atoms with Gasteiger partial charge in [-0.25, -0.2) is 4.79 Å². The van der Waals surface area contributed by atoms with E-state index in [-0.39, 0.29) is 25.0 Å². The zero-order chi connectivity index (χ0) is 23.0. The molecule has 0 aliphatic heterocycles. The monoisotopic (exact) mass is 427 g/mol. The highest BCUT2D eigenvalue weighted by molar-refractivity contribution is 5.97. The van der Waals surface area contributed by atoms with Gasteiger partial charge in [-0.15, -0.1) is 6.58 Å². The molecule has 0 aliphatic rings. The number of nitrogens with two attached hydrogens (primary N) is 1. The first-order valence-corrected chi connectivity index (χ1v) is 9.96. The number of aliphatic hydroxyl groups is 1. The maximum absolute atomic E-state index is 12.2. The van der Waals surface area contributed by atoms with Gasteiger partial charge in [0.15, 0.2) is 11.9 Å². The Hall–Kier alpha value is -3.52. The van der Waals surface area contributed by atoms with Crippen molar-refractivity contribution < 1.29 is 25.0 Å². The quantitative estimate of drug-likeness (QED) is 0.122. The summed E-state index contributed by atoms with van der Waals surface area (Å²) in [5.41, 5.74) is 8.86. The maximum Gasteiger partial charge on any atom is 0.330 e. The molecule has 166 valence electrons. The molecule has 0 spiro atoms. The second-order valence-electron chi connectivity index (χ2n) is 7.03. The van der Waals surface area contributed by atoms with Gasteiger partial charge in [0.2, 0.25) is 0 Å². The number of nitrogens with one attached hydrogen (secondary N) is 1. The number of oxime groups is 1. The zero-order valence-electron chi connectivity index (χ0n) is 17.7. The lowest BCUT2D eigenvalue weighted by atomic mass is 9.91. The van der Waals surface area contributed by atoms with E-state index >= 15 is 0 Å². The average Bonchev–Trinajstić information content (AvgIpc) is 2.79. The van der Waals surface area contributed by atoms with Gasteiger partial charge in [-0.2, -0.15) is 0 Å². The predicted octanol–water partition coefficient (Wildman–Crippen LogP) is 3.24. The summed E-state index contributed by atoms with van der Waals surface area (Å²) in [5.74, 6) is -0.778. The van der Waals surface area contributed by atoms with Crippen LogP contribution >= 0.6 is 0 Å². The normalized spacial score (nSPS) is 13.3. The van der Waals surface area contributed by atoms with Gasteiger partial charge < -0.3 is 31.2 Å². The van der Waals surface area contributed by atoms with Crippen molar-refractivity contribution in [2.24, 2.45) is 10.9 Å². The Labute approximate surface area is 181 Å². The number of rotatable bonds is 11. The number of benzene rings is 2. The molecular weight excluding hydrogens is 398 g/mol. The molecule has 0 saturated carbocycles. The summed E-state index contributed by atoms with van der Waals surface area (Å²) in [5, 5.41) is 34.0. The number of hydrogen-bond donors (Lipinski definition) is 5. The van der Waals surface area contributed by atoms with Crippen molar-refractivity contribution in [3.8, 4) is 5.75 Å². The van der Waals surface area contributed by atoms with Crippen LogP contribution in [0.15, 0.2) is 54.2 Å². The summed E-state index contributed by atoms with van der Waals surface area (Å²) in [6, 6.07) is 9.21. The number of amidine groups is 1. The molecule has 0 fully saturated rings. The van der Waals surface area contributed by atoms with E-state index in [9.17, 15) is 15.0 Å². The fourth-order valence-corrected chi connectivity index (χ4v) is 3.17. The third-order valence-electron chi connectivity index (χ3n) is 4.95. The van der Waals surface area contributed by atoms with Crippen LogP contribution in [0.5, 0.6) is 5.75 Å². The Morgan fingerprint density at radius 2 is 1.94 bits per heavy atom. The number of allylic oxidation sites excluding steroid dienone is 1. The molecule has 0 bridgehead atoms. The average molecular weight is 428 g/mol. The molecule has 2 unspecified atom stereocenters. The minimum absolute atomic E-state index is 0.0378. The van der Waals surface area contributed by atoms with E-state index in [1.165, 1.54) is 0 Å².